The summed E-state index contributed by atoms with van der Waals surface area (Å²) >= 11 is 0. The molecule has 1 aromatic rings. The summed E-state index contributed by atoms with van der Waals surface area (Å²) in [4.78, 5) is 2.17. The van der Waals surface area contributed by atoms with E-state index >= 15 is 0 Å². The van der Waals surface area contributed by atoms with Gasteiger partial charge in [-0.15, -0.1) is 0 Å². The van der Waals surface area contributed by atoms with Crippen LogP contribution in [0.4, 0.5) is 13.2 Å². The smallest absolute Gasteiger partial charge is 0.194 e. The fourth-order valence-electron chi connectivity index (χ4n) is 2.47. The van der Waals surface area contributed by atoms with Crippen molar-refractivity contribution in [1.29, 1.82) is 0 Å². The Balaban J connectivity index is 2.26. The minimum atomic E-state index is -1.39. The minimum absolute atomic E-state index is 0.0586. The second-order valence-corrected chi connectivity index (χ2v) is 4.51. The molecule has 0 bridgehead atoms. The zero-order valence-corrected chi connectivity index (χ0v) is 10.3. The molecular formula is C13H17F3N2. The van der Waals surface area contributed by atoms with Gasteiger partial charge in [0.2, 0.25) is 0 Å². The largest absolute Gasteiger partial charge is 0.314 e. The number of hydrogen-bond acceptors (Lipinski definition) is 2. The minimum Gasteiger partial charge on any atom is -0.314 e. The molecule has 0 unspecified atom stereocenters. The fourth-order valence-corrected chi connectivity index (χ4v) is 2.47. The molecule has 18 heavy (non-hydrogen) atoms. The van der Waals surface area contributed by atoms with Crippen LogP contribution in [0.5, 0.6) is 0 Å². The number of piperazine rings is 1. The maximum Gasteiger partial charge on any atom is 0.194 e. The molecule has 0 spiro atoms. The molecule has 0 amide bonds. The van der Waals surface area contributed by atoms with Crippen molar-refractivity contribution in [3.63, 3.8) is 0 Å². The van der Waals surface area contributed by atoms with Crippen LogP contribution in [0.15, 0.2) is 12.1 Å². The zero-order valence-electron chi connectivity index (χ0n) is 10.3. The highest BCUT2D eigenvalue weighted by molar-refractivity contribution is 5.23. The van der Waals surface area contributed by atoms with E-state index in [4.69, 9.17) is 0 Å². The summed E-state index contributed by atoms with van der Waals surface area (Å²) in [7, 11) is 0. The van der Waals surface area contributed by atoms with Gasteiger partial charge in [-0.1, -0.05) is 6.92 Å². The molecule has 1 N–H and O–H groups in total. The Morgan fingerprint density at radius 2 is 1.72 bits per heavy atom. The molecule has 1 fully saturated rings. The van der Waals surface area contributed by atoms with E-state index in [1.807, 2.05) is 6.92 Å². The standard InChI is InChI=1S/C13H17F3N2/c1-2-12(18-5-3-17-4-6-18)9-7-10(14)13(16)11(15)8-9/h7-8,12,17H,2-6H2,1H3/t12-/m1/s1. The van der Waals surface area contributed by atoms with Crippen molar-refractivity contribution in [3.8, 4) is 0 Å². The lowest BCUT2D eigenvalue weighted by molar-refractivity contribution is 0.168. The lowest BCUT2D eigenvalue weighted by Gasteiger charge is -2.34. The van der Waals surface area contributed by atoms with Gasteiger partial charge in [-0.3, -0.25) is 4.90 Å². The van der Waals surface area contributed by atoms with Crippen LogP contribution in [0.2, 0.25) is 0 Å². The van der Waals surface area contributed by atoms with Crippen molar-refractivity contribution < 1.29 is 13.2 Å². The molecule has 0 radical (unpaired) electrons. The van der Waals surface area contributed by atoms with E-state index in [0.29, 0.717) is 5.56 Å². The van der Waals surface area contributed by atoms with Crippen molar-refractivity contribution in [2.75, 3.05) is 26.2 Å². The van der Waals surface area contributed by atoms with Crippen LogP contribution >= 0.6 is 0 Å². The van der Waals surface area contributed by atoms with E-state index in [0.717, 1.165) is 44.7 Å². The third kappa shape index (κ3) is 2.67. The first-order valence-electron chi connectivity index (χ1n) is 6.22. The molecule has 1 atom stereocenters. The number of nitrogens with zero attached hydrogens (tertiary/aromatic N) is 1. The first kappa shape index (κ1) is 13.4. The van der Waals surface area contributed by atoms with Crippen LogP contribution in [0, 0.1) is 17.5 Å². The molecule has 1 aliphatic heterocycles. The van der Waals surface area contributed by atoms with Crippen LogP contribution in [-0.2, 0) is 0 Å². The van der Waals surface area contributed by atoms with Crippen molar-refractivity contribution in [3.05, 3.63) is 35.1 Å². The van der Waals surface area contributed by atoms with E-state index in [9.17, 15) is 13.2 Å². The molecule has 0 aromatic heterocycles. The number of rotatable bonds is 3. The summed E-state index contributed by atoms with van der Waals surface area (Å²) in [6.07, 6.45) is 0.741. The second-order valence-electron chi connectivity index (χ2n) is 4.51. The highest BCUT2D eigenvalue weighted by atomic mass is 19.2. The van der Waals surface area contributed by atoms with E-state index in [2.05, 4.69) is 10.2 Å². The van der Waals surface area contributed by atoms with Crippen molar-refractivity contribution in [2.24, 2.45) is 0 Å². The van der Waals surface area contributed by atoms with Gasteiger partial charge in [0.05, 0.1) is 0 Å². The average Bonchev–Trinajstić information content (AvgIpc) is 2.38. The molecule has 5 heteroatoms. The summed E-state index contributed by atoms with van der Waals surface area (Å²) in [6.45, 7) is 5.36. The summed E-state index contributed by atoms with van der Waals surface area (Å²) < 4.78 is 39.5. The van der Waals surface area contributed by atoms with Gasteiger partial charge in [0.1, 0.15) is 0 Å². The van der Waals surface area contributed by atoms with Crippen molar-refractivity contribution in [1.82, 2.24) is 10.2 Å². The summed E-state index contributed by atoms with van der Waals surface area (Å²) in [6, 6.07) is 2.15. The number of hydrogen-bond donors (Lipinski definition) is 1. The predicted octanol–water partition coefficient (Wildman–Crippen LogP) is 2.46. The molecule has 100 valence electrons. The Morgan fingerprint density at radius 3 is 2.22 bits per heavy atom. The van der Waals surface area contributed by atoms with Gasteiger partial charge in [0.25, 0.3) is 0 Å². The van der Waals surface area contributed by atoms with Crippen molar-refractivity contribution in [2.45, 2.75) is 19.4 Å². The second kappa shape index (κ2) is 5.71. The molecule has 2 nitrogen and oxygen atoms in total. The number of nitrogens with one attached hydrogen (secondary N) is 1. The Kier molecular flexibility index (Phi) is 4.24. The molecule has 0 saturated carbocycles. The predicted molar refractivity (Wildman–Crippen MR) is 63.8 cm³/mol. The molecule has 2 rings (SSSR count). The molecular weight excluding hydrogens is 241 g/mol. The van der Waals surface area contributed by atoms with Gasteiger partial charge in [0, 0.05) is 32.2 Å². The Labute approximate surface area is 105 Å². The SMILES string of the molecule is CC[C@H](c1cc(F)c(F)c(F)c1)N1CCNCC1. The molecule has 1 aliphatic rings. The lowest BCUT2D eigenvalue weighted by atomic mass is 10.0. The maximum atomic E-state index is 13.3. The van der Waals surface area contributed by atoms with E-state index < -0.39 is 17.5 Å². The summed E-state index contributed by atoms with van der Waals surface area (Å²) in [5.41, 5.74) is 0.510. The van der Waals surface area contributed by atoms with Gasteiger partial charge in [0.15, 0.2) is 17.5 Å². The fraction of sp³-hybridized carbons (Fsp3) is 0.538. The van der Waals surface area contributed by atoms with Gasteiger partial charge in [-0.2, -0.15) is 0 Å². The van der Waals surface area contributed by atoms with Crippen LogP contribution < -0.4 is 5.32 Å². The highest BCUT2D eigenvalue weighted by Crippen LogP contribution is 2.27. The topological polar surface area (TPSA) is 15.3 Å². The third-order valence-corrected chi connectivity index (χ3v) is 3.37. The maximum absolute atomic E-state index is 13.3. The Hall–Kier alpha value is -1.07. The number of halogens is 3. The quantitative estimate of drug-likeness (QED) is 0.838. The van der Waals surface area contributed by atoms with Crippen molar-refractivity contribution >= 4 is 0 Å². The van der Waals surface area contributed by atoms with Gasteiger partial charge >= 0.3 is 0 Å². The highest BCUT2D eigenvalue weighted by Gasteiger charge is 2.23. The summed E-state index contributed by atoms with van der Waals surface area (Å²) in [5.74, 6) is -3.62. The molecule has 1 heterocycles. The summed E-state index contributed by atoms with van der Waals surface area (Å²) in [5, 5.41) is 3.23. The first-order chi connectivity index (χ1) is 8.63. The normalized spacial score (nSPS) is 18.9. The molecule has 1 aromatic carbocycles. The Morgan fingerprint density at radius 1 is 1.17 bits per heavy atom. The van der Waals surface area contributed by atoms with Gasteiger partial charge in [-0.05, 0) is 24.1 Å². The van der Waals surface area contributed by atoms with E-state index in [1.54, 1.807) is 0 Å². The lowest BCUT2D eigenvalue weighted by Crippen LogP contribution is -2.45. The Bertz CT molecular complexity index is 394. The number of benzene rings is 1. The van der Waals surface area contributed by atoms with E-state index in [1.165, 1.54) is 0 Å². The van der Waals surface area contributed by atoms with Crippen LogP contribution in [0.1, 0.15) is 24.9 Å². The zero-order chi connectivity index (χ0) is 13.1. The van der Waals surface area contributed by atoms with Crippen LogP contribution in [-0.4, -0.2) is 31.1 Å². The van der Waals surface area contributed by atoms with Crippen LogP contribution in [0.25, 0.3) is 0 Å². The van der Waals surface area contributed by atoms with E-state index in [-0.39, 0.29) is 6.04 Å². The van der Waals surface area contributed by atoms with Crippen LogP contribution in [0.3, 0.4) is 0 Å². The average molecular weight is 258 g/mol. The van der Waals surface area contributed by atoms with Gasteiger partial charge in [-0.25, -0.2) is 13.2 Å². The molecule has 0 aliphatic carbocycles. The monoisotopic (exact) mass is 258 g/mol. The molecule has 1 saturated heterocycles. The van der Waals surface area contributed by atoms with Gasteiger partial charge < -0.3 is 5.32 Å². The third-order valence-electron chi connectivity index (χ3n) is 3.37. The first-order valence-corrected chi connectivity index (χ1v) is 6.22.